The molecule has 0 saturated heterocycles. The van der Waals surface area contributed by atoms with Gasteiger partial charge in [0.25, 0.3) is 0 Å². The van der Waals surface area contributed by atoms with E-state index < -0.39 is 27.8 Å². The first kappa shape index (κ1) is 29.2. The molecule has 0 fully saturated rings. The summed E-state index contributed by atoms with van der Waals surface area (Å²) in [6, 6.07) is 5.21. The summed E-state index contributed by atoms with van der Waals surface area (Å²) >= 11 is 0. The normalized spacial score (nSPS) is 14.8. The maximum absolute atomic E-state index is 14.9. The lowest BCUT2D eigenvalue weighted by Crippen LogP contribution is -2.46. The van der Waals surface area contributed by atoms with Crippen LogP contribution in [0.25, 0.3) is 0 Å². The minimum atomic E-state index is -2.04. The van der Waals surface area contributed by atoms with Crippen LogP contribution in [0.3, 0.4) is 0 Å². The SMILES string of the molecule is CC(C)(O[Si](C)(C)CN)c1ccc(C(C)(CN)O[Si](C)(C)C)cc1F.Cl.Cl. The molecule has 160 valence electrons. The zero-order valence-corrected chi connectivity index (χ0v) is 21.4. The minimum absolute atomic E-state index is 0. The van der Waals surface area contributed by atoms with Crippen molar-refractivity contribution < 1.29 is 13.2 Å². The molecule has 0 bridgehead atoms. The summed E-state index contributed by atoms with van der Waals surface area (Å²) in [7, 11) is -3.87. The highest BCUT2D eigenvalue weighted by atomic mass is 35.5. The van der Waals surface area contributed by atoms with Crippen LogP contribution in [0.1, 0.15) is 31.9 Å². The summed E-state index contributed by atoms with van der Waals surface area (Å²) in [5, 5.41) is 0. The molecule has 0 saturated carbocycles. The Morgan fingerprint density at radius 1 is 0.963 bits per heavy atom. The van der Waals surface area contributed by atoms with Gasteiger partial charge in [0.15, 0.2) is 8.32 Å². The molecule has 0 amide bonds. The van der Waals surface area contributed by atoms with E-state index in [1.165, 1.54) is 6.07 Å². The number of halogens is 3. The predicted molar refractivity (Wildman–Crippen MR) is 122 cm³/mol. The van der Waals surface area contributed by atoms with E-state index in [0.29, 0.717) is 18.3 Å². The quantitative estimate of drug-likeness (QED) is 0.555. The van der Waals surface area contributed by atoms with Gasteiger partial charge in [0, 0.05) is 18.3 Å². The molecule has 1 unspecified atom stereocenters. The zero-order chi connectivity index (χ0) is 19.7. The van der Waals surface area contributed by atoms with Gasteiger partial charge in [-0.25, -0.2) is 4.39 Å². The van der Waals surface area contributed by atoms with E-state index in [1.54, 1.807) is 6.07 Å². The van der Waals surface area contributed by atoms with Crippen molar-refractivity contribution in [2.45, 2.75) is 64.7 Å². The van der Waals surface area contributed by atoms with Crippen molar-refractivity contribution in [2.75, 3.05) is 12.7 Å². The van der Waals surface area contributed by atoms with Crippen LogP contribution >= 0.6 is 24.8 Å². The number of rotatable bonds is 8. The summed E-state index contributed by atoms with van der Waals surface area (Å²) < 4.78 is 27.4. The molecule has 0 radical (unpaired) electrons. The van der Waals surface area contributed by atoms with E-state index in [2.05, 4.69) is 19.6 Å². The molecule has 0 aromatic heterocycles. The lowest BCUT2D eigenvalue weighted by Gasteiger charge is -2.37. The van der Waals surface area contributed by atoms with Crippen molar-refractivity contribution in [3.05, 3.63) is 35.1 Å². The number of nitrogens with two attached hydrogens (primary N) is 2. The molecule has 0 aliphatic heterocycles. The Balaban J connectivity index is 0. The van der Waals surface area contributed by atoms with Crippen LogP contribution in [0.15, 0.2) is 18.2 Å². The van der Waals surface area contributed by atoms with Crippen molar-refractivity contribution in [3.63, 3.8) is 0 Å². The van der Waals surface area contributed by atoms with Gasteiger partial charge in [-0.1, -0.05) is 12.1 Å². The van der Waals surface area contributed by atoms with Gasteiger partial charge >= 0.3 is 0 Å². The van der Waals surface area contributed by atoms with Gasteiger partial charge in [0.2, 0.25) is 8.32 Å². The van der Waals surface area contributed by atoms with Crippen molar-refractivity contribution in [2.24, 2.45) is 11.5 Å². The summed E-state index contributed by atoms with van der Waals surface area (Å²) in [4.78, 5) is 0. The second kappa shape index (κ2) is 10.2. The summed E-state index contributed by atoms with van der Waals surface area (Å²) in [5.41, 5.74) is 11.6. The van der Waals surface area contributed by atoms with E-state index in [4.69, 9.17) is 20.3 Å². The lowest BCUT2D eigenvalue weighted by atomic mass is 9.91. The Labute approximate surface area is 178 Å². The van der Waals surface area contributed by atoms with Gasteiger partial charge in [-0.05, 0) is 65.1 Å². The molecule has 0 aliphatic carbocycles. The molecule has 9 heteroatoms. The summed E-state index contributed by atoms with van der Waals surface area (Å²) in [6.07, 6.45) is 0.491. The molecule has 1 aromatic carbocycles. The van der Waals surface area contributed by atoms with Crippen LogP contribution in [-0.4, -0.2) is 29.3 Å². The maximum atomic E-state index is 14.9. The van der Waals surface area contributed by atoms with Crippen LogP contribution in [0, 0.1) is 5.82 Å². The van der Waals surface area contributed by atoms with Crippen molar-refractivity contribution >= 4 is 41.4 Å². The Bertz CT molecular complexity index is 614. The molecule has 27 heavy (non-hydrogen) atoms. The van der Waals surface area contributed by atoms with Crippen LogP contribution in [0.5, 0.6) is 0 Å². The first-order valence-electron chi connectivity index (χ1n) is 8.77. The van der Waals surface area contributed by atoms with Crippen LogP contribution in [0.2, 0.25) is 32.7 Å². The molecule has 0 heterocycles. The van der Waals surface area contributed by atoms with Gasteiger partial charge < -0.3 is 20.3 Å². The fourth-order valence-electron chi connectivity index (χ4n) is 3.01. The third-order valence-corrected chi connectivity index (χ3v) is 7.28. The number of hydrogen-bond acceptors (Lipinski definition) is 4. The van der Waals surface area contributed by atoms with Gasteiger partial charge in [-0.3, -0.25) is 0 Å². The highest BCUT2D eigenvalue weighted by molar-refractivity contribution is 6.71. The first-order valence-corrected chi connectivity index (χ1v) is 15.3. The Morgan fingerprint density at radius 2 is 1.48 bits per heavy atom. The van der Waals surface area contributed by atoms with Crippen molar-refractivity contribution in [1.29, 1.82) is 0 Å². The van der Waals surface area contributed by atoms with Crippen molar-refractivity contribution in [3.8, 4) is 0 Å². The standard InChI is InChI=1S/C18H35FN2O2Si2.2ClH/c1-17(2,22-25(7,8)13-21)15-10-9-14(11-16(15)19)18(3,12-20)23-24(4,5)6;;/h9-11H,12-13,20-21H2,1-8H3;2*1H. The third kappa shape index (κ3) is 8.10. The Morgan fingerprint density at radius 3 is 1.85 bits per heavy atom. The van der Waals surface area contributed by atoms with E-state index in [0.717, 1.165) is 5.56 Å². The van der Waals surface area contributed by atoms with Gasteiger partial charge in [-0.15, -0.1) is 24.8 Å². The van der Waals surface area contributed by atoms with Gasteiger partial charge in [0.05, 0.1) is 11.2 Å². The number of benzene rings is 1. The molecule has 0 spiro atoms. The predicted octanol–water partition coefficient (Wildman–Crippen LogP) is 4.65. The second-order valence-corrected chi connectivity index (χ2v) is 17.5. The van der Waals surface area contributed by atoms with Gasteiger partial charge in [-0.2, -0.15) is 0 Å². The van der Waals surface area contributed by atoms with E-state index in [1.807, 2.05) is 39.9 Å². The molecular formula is C18H37Cl2FN2O2Si2. The monoisotopic (exact) mass is 458 g/mol. The fraction of sp³-hybridized carbons (Fsp3) is 0.667. The Kier molecular flexibility index (Phi) is 11.0. The molecule has 1 aromatic rings. The number of hydrogen-bond donors (Lipinski definition) is 2. The highest BCUT2D eigenvalue weighted by Gasteiger charge is 2.36. The summed E-state index contributed by atoms with van der Waals surface area (Å²) in [5.74, 6) is -0.303. The Hall–Kier alpha value is 0.00377. The van der Waals surface area contributed by atoms with Crippen LogP contribution in [0.4, 0.5) is 4.39 Å². The topological polar surface area (TPSA) is 70.5 Å². The molecule has 0 aliphatic rings. The maximum Gasteiger partial charge on any atom is 0.201 e. The average Bonchev–Trinajstić information content (AvgIpc) is 2.44. The molecule has 4 nitrogen and oxygen atoms in total. The van der Waals surface area contributed by atoms with Gasteiger partial charge in [0.1, 0.15) is 5.82 Å². The minimum Gasteiger partial charge on any atom is -0.407 e. The molecule has 4 N–H and O–H groups in total. The summed E-state index contributed by atoms with van der Waals surface area (Å²) in [6.45, 7) is 16.4. The van der Waals surface area contributed by atoms with Crippen LogP contribution < -0.4 is 11.5 Å². The highest BCUT2D eigenvalue weighted by Crippen LogP contribution is 2.34. The first-order chi connectivity index (χ1) is 11.2. The molecule has 1 rings (SSSR count). The average molecular weight is 460 g/mol. The molecule has 1 atom stereocenters. The zero-order valence-electron chi connectivity index (χ0n) is 17.8. The van der Waals surface area contributed by atoms with Crippen LogP contribution in [-0.2, 0) is 20.1 Å². The fourth-order valence-corrected chi connectivity index (χ4v) is 6.14. The van der Waals surface area contributed by atoms with Crippen molar-refractivity contribution in [1.82, 2.24) is 0 Å². The smallest absolute Gasteiger partial charge is 0.201 e. The lowest BCUT2D eigenvalue weighted by molar-refractivity contribution is 0.0845. The molecular weight excluding hydrogens is 422 g/mol. The van der Waals surface area contributed by atoms with E-state index in [-0.39, 0.29) is 30.6 Å². The second-order valence-electron chi connectivity index (χ2n) is 8.92. The largest absolute Gasteiger partial charge is 0.407 e. The van der Waals surface area contributed by atoms with E-state index in [9.17, 15) is 4.39 Å². The van der Waals surface area contributed by atoms with E-state index >= 15 is 0 Å². The third-order valence-electron chi connectivity index (χ3n) is 4.17.